The van der Waals surface area contributed by atoms with Gasteiger partial charge in [0, 0.05) is 30.5 Å². The molecule has 0 bridgehead atoms. The normalized spacial score (nSPS) is 12.0. The van der Waals surface area contributed by atoms with E-state index in [1.54, 1.807) is 31.2 Å². The van der Waals surface area contributed by atoms with Crippen LogP contribution in [-0.4, -0.2) is 57.1 Å². The van der Waals surface area contributed by atoms with Crippen molar-refractivity contribution in [3.63, 3.8) is 0 Å². The number of hydrogen-bond acceptors (Lipinski definition) is 5. The summed E-state index contributed by atoms with van der Waals surface area (Å²) in [5, 5.41) is 2.77. The van der Waals surface area contributed by atoms with Crippen molar-refractivity contribution in [2.75, 3.05) is 30.3 Å². The topological polar surface area (TPSA) is 96.0 Å². The average Bonchev–Trinajstić information content (AvgIpc) is 2.80. The molecule has 35 heavy (non-hydrogen) atoms. The summed E-state index contributed by atoms with van der Waals surface area (Å²) in [6, 6.07) is 13.8. The molecule has 0 aliphatic carbocycles. The maximum atomic E-state index is 13.3. The summed E-state index contributed by atoms with van der Waals surface area (Å²) in [5.74, 6) is 0.00224. The molecule has 10 heteroatoms. The summed E-state index contributed by atoms with van der Waals surface area (Å²) in [6.45, 7) is 6.58. The number of amides is 2. The van der Waals surface area contributed by atoms with Crippen LogP contribution in [-0.2, 0) is 26.2 Å². The Labute approximate surface area is 216 Å². The van der Waals surface area contributed by atoms with Gasteiger partial charge >= 0.3 is 0 Å². The van der Waals surface area contributed by atoms with Crippen molar-refractivity contribution in [1.29, 1.82) is 0 Å². The van der Waals surface area contributed by atoms with Crippen molar-refractivity contribution < 1.29 is 22.7 Å². The Morgan fingerprint density at radius 1 is 1.11 bits per heavy atom. The summed E-state index contributed by atoms with van der Waals surface area (Å²) in [5.41, 5.74) is 1.32. The zero-order valence-corrected chi connectivity index (χ0v) is 23.1. The number of benzene rings is 2. The Balaban J connectivity index is 2.19. The molecule has 0 aliphatic heterocycles. The zero-order valence-electron chi connectivity index (χ0n) is 20.7. The van der Waals surface area contributed by atoms with Crippen LogP contribution in [0.2, 0.25) is 0 Å². The first-order valence-electron chi connectivity index (χ1n) is 11.6. The number of nitrogens with zero attached hydrogens (tertiary/aromatic N) is 2. The smallest absolute Gasteiger partial charge is 0.242 e. The van der Waals surface area contributed by atoms with Crippen LogP contribution in [0.4, 0.5) is 5.69 Å². The highest BCUT2D eigenvalue weighted by atomic mass is 79.9. The van der Waals surface area contributed by atoms with Crippen LogP contribution in [0.15, 0.2) is 53.0 Å². The molecule has 0 saturated heterocycles. The molecule has 2 aromatic rings. The molecule has 0 spiro atoms. The maximum Gasteiger partial charge on any atom is 0.242 e. The fourth-order valence-electron chi connectivity index (χ4n) is 3.66. The maximum absolute atomic E-state index is 13.3. The number of sulfonamides is 1. The van der Waals surface area contributed by atoms with Gasteiger partial charge in [0.1, 0.15) is 11.8 Å². The number of anilines is 1. The largest absolute Gasteiger partial charge is 0.492 e. The van der Waals surface area contributed by atoms with Crippen LogP contribution in [0.25, 0.3) is 0 Å². The lowest BCUT2D eigenvalue weighted by molar-refractivity contribution is -0.140. The van der Waals surface area contributed by atoms with Crippen LogP contribution in [0.1, 0.15) is 39.2 Å². The van der Waals surface area contributed by atoms with Crippen molar-refractivity contribution in [2.45, 2.75) is 46.2 Å². The number of carbonyl (C=O) groups excluding carboxylic acids is 2. The molecule has 8 nitrogen and oxygen atoms in total. The number of ether oxygens (including phenoxy) is 1. The lowest BCUT2D eigenvalue weighted by Crippen LogP contribution is -2.47. The van der Waals surface area contributed by atoms with Crippen LogP contribution < -0.4 is 14.4 Å². The quantitative estimate of drug-likeness (QED) is 0.395. The molecule has 0 fully saturated rings. The third-order valence-electron chi connectivity index (χ3n) is 5.35. The highest BCUT2D eigenvalue weighted by molar-refractivity contribution is 9.10. The number of rotatable bonds is 13. The Kier molecular flexibility index (Phi) is 11.0. The second kappa shape index (κ2) is 13.5. The predicted octanol–water partition coefficient (Wildman–Crippen LogP) is 3.95. The van der Waals surface area contributed by atoms with Gasteiger partial charge in [0.05, 0.1) is 18.6 Å². The van der Waals surface area contributed by atoms with E-state index < -0.39 is 16.1 Å². The second-order valence-corrected chi connectivity index (χ2v) is 10.9. The first kappa shape index (κ1) is 28.6. The van der Waals surface area contributed by atoms with Gasteiger partial charge in [-0.05, 0) is 57.0 Å². The molecule has 0 radical (unpaired) electrons. The fourth-order valence-corrected chi connectivity index (χ4v) is 5.08. The van der Waals surface area contributed by atoms with E-state index in [2.05, 4.69) is 21.2 Å². The zero-order chi connectivity index (χ0) is 26.0. The van der Waals surface area contributed by atoms with Gasteiger partial charge in [-0.2, -0.15) is 0 Å². The summed E-state index contributed by atoms with van der Waals surface area (Å²) in [7, 11) is -3.61. The number of nitrogens with one attached hydrogen (secondary N) is 1. The van der Waals surface area contributed by atoms with Gasteiger partial charge in [-0.15, -0.1) is 0 Å². The van der Waals surface area contributed by atoms with Crippen molar-refractivity contribution >= 4 is 43.5 Å². The number of hydrogen-bond donors (Lipinski definition) is 1. The molecule has 0 aliphatic rings. The third-order valence-corrected chi connectivity index (χ3v) is 7.02. The van der Waals surface area contributed by atoms with Crippen molar-refractivity contribution in [3.05, 3.63) is 58.6 Å². The highest BCUT2D eigenvalue weighted by Crippen LogP contribution is 2.30. The van der Waals surface area contributed by atoms with E-state index in [1.807, 2.05) is 38.1 Å². The minimum Gasteiger partial charge on any atom is -0.492 e. The number of likely N-dealkylation sites (N-methyl/N-ethyl adjacent to an activating group) is 1. The minimum absolute atomic E-state index is 0.0839. The standard InChI is InChI=1S/C25H34BrN3O5S/c1-5-27-25(31)19(3)28(18-20-11-9-12-21(26)17-20)24(30)15-10-16-29(35(4,32)33)22-13-7-8-14-23(22)34-6-2/h7-9,11-14,17,19H,5-6,10,15-16,18H2,1-4H3,(H,27,31). The van der Waals surface area contributed by atoms with E-state index in [0.717, 1.165) is 16.3 Å². The number of para-hydroxylation sites is 2. The molecule has 192 valence electrons. The van der Waals surface area contributed by atoms with E-state index in [0.29, 0.717) is 24.6 Å². The van der Waals surface area contributed by atoms with E-state index in [9.17, 15) is 18.0 Å². The van der Waals surface area contributed by atoms with Gasteiger partial charge < -0.3 is 15.0 Å². The lowest BCUT2D eigenvalue weighted by atomic mass is 10.1. The van der Waals surface area contributed by atoms with E-state index in [4.69, 9.17) is 4.74 Å². The van der Waals surface area contributed by atoms with Crippen LogP contribution >= 0.6 is 15.9 Å². The van der Waals surface area contributed by atoms with Crippen molar-refractivity contribution in [2.24, 2.45) is 0 Å². The predicted molar refractivity (Wildman–Crippen MR) is 142 cm³/mol. The Hall–Kier alpha value is -2.59. The molecule has 2 amide bonds. The Morgan fingerprint density at radius 3 is 2.46 bits per heavy atom. The van der Waals surface area contributed by atoms with Crippen LogP contribution in [0.3, 0.4) is 0 Å². The first-order valence-corrected chi connectivity index (χ1v) is 14.2. The van der Waals surface area contributed by atoms with Crippen LogP contribution in [0.5, 0.6) is 5.75 Å². The van der Waals surface area contributed by atoms with Gasteiger partial charge in [-0.3, -0.25) is 13.9 Å². The molecular formula is C25H34BrN3O5S. The summed E-state index contributed by atoms with van der Waals surface area (Å²) < 4.78 is 32.9. The molecule has 2 aromatic carbocycles. The number of halogens is 1. The van der Waals surface area contributed by atoms with Crippen molar-refractivity contribution in [3.8, 4) is 5.75 Å². The average molecular weight is 569 g/mol. The van der Waals surface area contributed by atoms with Gasteiger partial charge in [0.2, 0.25) is 21.8 Å². The molecule has 0 aromatic heterocycles. The van der Waals surface area contributed by atoms with Crippen LogP contribution in [0, 0.1) is 0 Å². The fraction of sp³-hybridized carbons (Fsp3) is 0.440. The minimum atomic E-state index is -3.61. The van der Waals surface area contributed by atoms with E-state index in [-0.39, 0.29) is 37.7 Å². The van der Waals surface area contributed by atoms with E-state index >= 15 is 0 Å². The van der Waals surface area contributed by atoms with Gasteiger partial charge in [0.15, 0.2) is 0 Å². The summed E-state index contributed by atoms with van der Waals surface area (Å²) >= 11 is 3.44. The Morgan fingerprint density at radius 2 is 1.83 bits per heavy atom. The SMILES string of the molecule is CCNC(=O)C(C)N(Cc1cccc(Br)c1)C(=O)CCCN(c1ccccc1OCC)S(C)(=O)=O. The highest BCUT2D eigenvalue weighted by Gasteiger charge is 2.27. The lowest BCUT2D eigenvalue weighted by Gasteiger charge is -2.29. The van der Waals surface area contributed by atoms with Crippen molar-refractivity contribution in [1.82, 2.24) is 10.2 Å². The molecule has 1 N–H and O–H groups in total. The Bertz CT molecular complexity index is 1110. The first-order chi connectivity index (χ1) is 16.6. The van der Waals surface area contributed by atoms with Gasteiger partial charge in [0.25, 0.3) is 0 Å². The second-order valence-electron chi connectivity index (χ2n) is 8.06. The molecule has 2 rings (SSSR count). The number of carbonyl (C=O) groups is 2. The molecule has 0 heterocycles. The molecule has 1 atom stereocenters. The molecule has 1 unspecified atom stereocenters. The molecule has 0 saturated carbocycles. The summed E-state index contributed by atoms with van der Waals surface area (Å²) in [4.78, 5) is 27.3. The monoisotopic (exact) mass is 567 g/mol. The van der Waals surface area contributed by atoms with Gasteiger partial charge in [-0.25, -0.2) is 8.42 Å². The summed E-state index contributed by atoms with van der Waals surface area (Å²) in [6.07, 6.45) is 1.50. The molecular weight excluding hydrogens is 534 g/mol. The van der Waals surface area contributed by atoms with Gasteiger partial charge in [-0.1, -0.05) is 40.2 Å². The van der Waals surface area contributed by atoms with E-state index in [1.165, 1.54) is 9.21 Å². The third kappa shape index (κ3) is 8.54.